The number of rotatable bonds is 0. The third-order valence-corrected chi connectivity index (χ3v) is 2.92. The molecule has 6 heteroatoms. The maximum Gasteiger partial charge on any atom is 1.00 e. The zero-order valence-electron chi connectivity index (χ0n) is 6.89. The van der Waals surface area contributed by atoms with Crippen LogP contribution in [-0.4, -0.2) is 14.3 Å². The molecule has 0 saturated heterocycles. The molecule has 1 aliphatic rings. The molecule has 4 nitrogen and oxygen atoms in total. The quantitative estimate of drug-likeness (QED) is 0.439. The van der Waals surface area contributed by atoms with Crippen LogP contribution < -0.4 is 18.9 Å². The monoisotopic (exact) mass is 189 g/mol. The Kier molecular flexibility index (Phi) is 2.53. The Bertz CT molecular complexity index is 455. The largest absolute Gasteiger partial charge is 1.00 e. The molecule has 0 N–H and O–H groups in total. The molecule has 0 aromatic heterocycles. The maximum absolute atomic E-state index is 11.1. The molecular formula is C7H4LiNO3S. The Hall–Kier alpha value is -0.763. The van der Waals surface area contributed by atoms with E-state index in [9.17, 15) is 13.2 Å². The Labute approximate surface area is 87.6 Å². The molecule has 0 spiro atoms. The van der Waals surface area contributed by atoms with Crippen LogP contribution in [0.4, 0.5) is 0 Å². The second-order valence-electron chi connectivity index (χ2n) is 2.37. The van der Waals surface area contributed by atoms with Gasteiger partial charge in [-0.1, -0.05) is 18.2 Å². The van der Waals surface area contributed by atoms with Crippen molar-refractivity contribution in [3.63, 3.8) is 0 Å². The summed E-state index contributed by atoms with van der Waals surface area (Å²) in [7, 11) is -3.68. The third-order valence-electron chi connectivity index (χ3n) is 1.60. The van der Waals surface area contributed by atoms with Crippen molar-refractivity contribution in [1.82, 2.24) is 0 Å². The zero-order valence-corrected chi connectivity index (χ0v) is 7.71. The fourth-order valence-corrected chi connectivity index (χ4v) is 2.17. The van der Waals surface area contributed by atoms with E-state index in [-0.39, 0.29) is 29.3 Å². The van der Waals surface area contributed by atoms with Crippen LogP contribution >= 0.6 is 0 Å². The van der Waals surface area contributed by atoms with Crippen molar-refractivity contribution in [2.75, 3.05) is 0 Å². The van der Waals surface area contributed by atoms with E-state index in [1.807, 2.05) is 0 Å². The van der Waals surface area contributed by atoms with Crippen LogP contribution in [0.25, 0.3) is 4.72 Å². The number of carbonyl (C=O) groups is 1. The second-order valence-corrected chi connectivity index (χ2v) is 3.94. The van der Waals surface area contributed by atoms with E-state index in [1.165, 1.54) is 12.1 Å². The minimum Gasteiger partial charge on any atom is -0.537 e. The molecule has 1 heterocycles. The predicted octanol–water partition coefficient (Wildman–Crippen LogP) is -2.09. The number of hydrogen-bond acceptors (Lipinski definition) is 3. The van der Waals surface area contributed by atoms with Gasteiger partial charge in [0.1, 0.15) is 10.0 Å². The summed E-state index contributed by atoms with van der Waals surface area (Å²) in [6.07, 6.45) is 0. The molecule has 0 aliphatic carbocycles. The standard InChI is InChI=1S/C7H5NO3S.Li/c9-7-5-3-1-2-4-6(5)12(10,11)8-7;/h1-4H,(H,8,9);/q;+1/p-1. The zero-order chi connectivity index (χ0) is 8.77. The molecule has 2 rings (SSSR count). The Balaban J connectivity index is 0.000000845. The average molecular weight is 189 g/mol. The van der Waals surface area contributed by atoms with Gasteiger partial charge in [-0.05, 0) is 6.07 Å². The number of amides is 1. The molecule has 0 unspecified atom stereocenters. The summed E-state index contributed by atoms with van der Waals surface area (Å²) < 4.78 is 25.2. The summed E-state index contributed by atoms with van der Waals surface area (Å²) in [4.78, 5) is 10.9. The fourth-order valence-electron chi connectivity index (χ4n) is 1.08. The molecule has 0 fully saturated rings. The Morgan fingerprint density at radius 1 is 1.15 bits per heavy atom. The van der Waals surface area contributed by atoms with E-state index in [2.05, 4.69) is 4.72 Å². The first kappa shape index (κ1) is 10.3. The van der Waals surface area contributed by atoms with Gasteiger partial charge in [0.05, 0.1) is 10.8 Å². The smallest absolute Gasteiger partial charge is 0.537 e. The SMILES string of the molecule is O=C1[N-]S(=O)(=O)c2ccccc21.[Li+]. The Morgan fingerprint density at radius 2 is 1.77 bits per heavy atom. The Morgan fingerprint density at radius 3 is 2.38 bits per heavy atom. The summed E-state index contributed by atoms with van der Waals surface area (Å²) in [5.41, 5.74) is 0.164. The average Bonchev–Trinajstić information content (AvgIpc) is 2.25. The van der Waals surface area contributed by atoms with Crippen molar-refractivity contribution < 1.29 is 32.1 Å². The molecule has 1 amide bonds. The molecule has 0 saturated carbocycles. The van der Waals surface area contributed by atoms with E-state index >= 15 is 0 Å². The summed E-state index contributed by atoms with van der Waals surface area (Å²) in [5, 5.41) is 0. The molecule has 0 bridgehead atoms. The van der Waals surface area contributed by atoms with Crippen molar-refractivity contribution in [2.45, 2.75) is 4.90 Å². The van der Waals surface area contributed by atoms with Crippen molar-refractivity contribution in [2.24, 2.45) is 0 Å². The van der Waals surface area contributed by atoms with Crippen LogP contribution in [0, 0.1) is 0 Å². The predicted molar refractivity (Wildman–Crippen MR) is 41.3 cm³/mol. The van der Waals surface area contributed by atoms with Gasteiger partial charge in [-0.25, -0.2) is 8.42 Å². The van der Waals surface area contributed by atoms with Gasteiger partial charge in [-0.15, -0.1) is 0 Å². The minimum atomic E-state index is -3.68. The van der Waals surface area contributed by atoms with Crippen molar-refractivity contribution >= 4 is 15.9 Å². The minimum absolute atomic E-state index is 0. The van der Waals surface area contributed by atoms with Gasteiger partial charge in [0.25, 0.3) is 0 Å². The normalized spacial score (nSPS) is 17.1. The molecule has 1 aromatic carbocycles. The number of benzene rings is 1. The summed E-state index contributed by atoms with van der Waals surface area (Å²) in [6, 6.07) is 5.99. The molecule has 1 aliphatic heterocycles. The number of sulfonamides is 1. The van der Waals surface area contributed by atoms with Crippen molar-refractivity contribution in [3.05, 3.63) is 34.6 Å². The number of nitrogens with zero attached hydrogens (tertiary/aromatic N) is 1. The summed E-state index contributed by atoms with van der Waals surface area (Å²) in [6.45, 7) is 0. The molecule has 62 valence electrons. The summed E-state index contributed by atoms with van der Waals surface area (Å²) >= 11 is 0. The van der Waals surface area contributed by atoms with Gasteiger partial charge in [-0.3, -0.25) is 0 Å². The van der Waals surface area contributed by atoms with Gasteiger partial charge < -0.3 is 9.52 Å². The fraction of sp³-hybridized carbons (Fsp3) is 0. The molecule has 0 radical (unpaired) electrons. The molecule has 13 heavy (non-hydrogen) atoms. The second kappa shape index (κ2) is 3.18. The van der Waals surface area contributed by atoms with Gasteiger partial charge in [-0.2, -0.15) is 0 Å². The third kappa shape index (κ3) is 1.51. The molecule has 0 atom stereocenters. The topological polar surface area (TPSA) is 65.3 Å². The van der Waals surface area contributed by atoms with Crippen LogP contribution in [0.3, 0.4) is 0 Å². The van der Waals surface area contributed by atoms with Gasteiger partial charge >= 0.3 is 18.9 Å². The number of hydrogen-bond donors (Lipinski definition) is 0. The van der Waals surface area contributed by atoms with Crippen LogP contribution in [0.1, 0.15) is 10.4 Å². The first-order valence-electron chi connectivity index (χ1n) is 3.23. The van der Waals surface area contributed by atoms with E-state index in [0.29, 0.717) is 0 Å². The maximum atomic E-state index is 11.1. The van der Waals surface area contributed by atoms with E-state index in [4.69, 9.17) is 0 Å². The van der Waals surface area contributed by atoms with Gasteiger partial charge in [0.15, 0.2) is 0 Å². The van der Waals surface area contributed by atoms with Gasteiger partial charge in [0.2, 0.25) is 0 Å². The summed E-state index contributed by atoms with van der Waals surface area (Å²) in [5.74, 6) is -0.675. The van der Waals surface area contributed by atoms with Crippen LogP contribution in [0.2, 0.25) is 0 Å². The van der Waals surface area contributed by atoms with E-state index < -0.39 is 15.9 Å². The van der Waals surface area contributed by atoms with Crippen molar-refractivity contribution in [3.8, 4) is 0 Å². The van der Waals surface area contributed by atoms with Crippen molar-refractivity contribution in [1.29, 1.82) is 0 Å². The first-order chi connectivity index (χ1) is 5.61. The number of carbonyl (C=O) groups excluding carboxylic acids is 1. The molecule has 1 aromatic rings. The molecular weight excluding hydrogens is 185 g/mol. The van der Waals surface area contributed by atoms with Crippen LogP contribution in [0.5, 0.6) is 0 Å². The van der Waals surface area contributed by atoms with Gasteiger partial charge in [0, 0.05) is 5.56 Å². The number of fused-ring (bicyclic) bond motifs is 1. The van der Waals surface area contributed by atoms with Crippen LogP contribution in [-0.2, 0) is 10.0 Å². The van der Waals surface area contributed by atoms with Crippen LogP contribution in [0.15, 0.2) is 29.2 Å². The first-order valence-corrected chi connectivity index (χ1v) is 4.67. The van der Waals surface area contributed by atoms with E-state index in [1.54, 1.807) is 12.1 Å². The van der Waals surface area contributed by atoms with E-state index in [0.717, 1.165) is 0 Å².